The normalized spacial score (nSPS) is 11.0. The van der Waals surface area contributed by atoms with Gasteiger partial charge in [-0.1, -0.05) is 6.07 Å². The maximum atomic E-state index is 12.1. The van der Waals surface area contributed by atoms with Gasteiger partial charge in [0.05, 0.1) is 17.2 Å². The largest absolute Gasteiger partial charge is 0.449 e. The molecule has 0 saturated carbocycles. The Morgan fingerprint density at radius 1 is 1.12 bits per heavy atom. The molecule has 2 aromatic rings. The number of rotatable bonds is 5. The molecule has 126 valence electrons. The monoisotopic (exact) mass is 337 g/mol. The number of primary amides is 1. The molecule has 25 heavy (non-hydrogen) atoms. The van der Waals surface area contributed by atoms with Crippen LogP contribution in [0, 0.1) is 11.3 Å². The van der Waals surface area contributed by atoms with E-state index in [0.717, 1.165) is 0 Å². The molecule has 2 amide bonds. The van der Waals surface area contributed by atoms with Gasteiger partial charge < -0.3 is 15.8 Å². The van der Waals surface area contributed by atoms with Crippen LogP contribution in [0.1, 0.15) is 33.2 Å². The van der Waals surface area contributed by atoms with E-state index < -0.39 is 23.9 Å². The summed E-state index contributed by atoms with van der Waals surface area (Å²) in [6, 6.07) is 13.9. The van der Waals surface area contributed by atoms with E-state index >= 15 is 0 Å². The van der Waals surface area contributed by atoms with Crippen LogP contribution in [0.25, 0.3) is 0 Å². The molecule has 2 rings (SSSR count). The van der Waals surface area contributed by atoms with E-state index in [2.05, 4.69) is 5.32 Å². The van der Waals surface area contributed by atoms with Gasteiger partial charge in [0, 0.05) is 11.3 Å². The van der Waals surface area contributed by atoms with E-state index in [1.54, 1.807) is 18.2 Å². The lowest BCUT2D eigenvalue weighted by Gasteiger charge is -2.13. The number of carbonyl (C=O) groups excluding carboxylic acids is 3. The first-order valence-electron chi connectivity index (χ1n) is 7.32. The summed E-state index contributed by atoms with van der Waals surface area (Å²) in [5, 5.41) is 11.4. The third-order valence-corrected chi connectivity index (χ3v) is 3.32. The standard InChI is InChI=1S/C18H15N3O4/c1-11(17(23)21-15-4-2-3-12(9-15)10-19)25-18(24)14-7-5-13(6-8-14)16(20)22/h2-9,11H,1H3,(H2,20,22)(H,21,23). The molecule has 0 aliphatic rings. The Morgan fingerprint density at radius 2 is 1.76 bits per heavy atom. The molecule has 0 spiro atoms. The zero-order valence-corrected chi connectivity index (χ0v) is 13.4. The Kier molecular flexibility index (Phi) is 5.48. The molecule has 0 aromatic heterocycles. The first kappa shape index (κ1) is 17.7. The summed E-state index contributed by atoms with van der Waals surface area (Å²) in [7, 11) is 0. The number of ether oxygens (including phenoxy) is 1. The zero-order valence-electron chi connectivity index (χ0n) is 13.4. The number of esters is 1. The maximum Gasteiger partial charge on any atom is 0.338 e. The van der Waals surface area contributed by atoms with Crippen LogP contribution < -0.4 is 11.1 Å². The highest BCUT2D eigenvalue weighted by molar-refractivity contribution is 5.98. The summed E-state index contributed by atoms with van der Waals surface area (Å²) in [5.41, 5.74) is 6.41. The van der Waals surface area contributed by atoms with E-state index in [4.69, 9.17) is 15.7 Å². The predicted octanol–water partition coefficient (Wildman–Crippen LogP) is 1.84. The van der Waals surface area contributed by atoms with E-state index in [1.807, 2.05) is 6.07 Å². The number of anilines is 1. The first-order valence-corrected chi connectivity index (χ1v) is 7.32. The molecule has 2 aromatic carbocycles. The summed E-state index contributed by atoms with van der Waals surface area (Å²) in [5.74, 6) is -1.84. The topological polar surface area (TPSA) is 122 Å². The van der Waals surface area contributed by atoms with Crippen LogP contribution in [-0.2, 0) is 9.53 Å². The summed E-state index contributed by atoms with van der Waals surface area (Å²) in [4.78, 5) is 35.1. The van der Waals surface area contributed by atoms with Crippen LogP contribution in [0.2, 0.25) is 0 Å². The number of benzene rings is 2. The van der Waals surface area contributed by atoms with Gasteiger partial charge in [-0.25, -0.2) is 4.79 Å². The number of nitrogens with zero attached hydrogens (tertiary/aromatic N) is 1. The van der Waals surface area contributed by atoms with E-state index in [1.165, 1.54) is 37.3 Å². The Morgan fingerprint density at radius 3 is 2.36 bits per heavy atom. The van der Waals surface area contributed by atoms with Crippen LogP contribution in [0.3, 0.4) is 0 Å². The summed E-state index contributed by atoms with van der Waals surface area (Å²) in [6.45, 7) is 1.43. The maximum absolute atomic E-state index is 12.1. The Bertz CT molecular complexity index is 853. The van der Waals surface area contributed by atoms with Crippen molar-refractivity contribution >= 4 is 23.5 Å². The van der Waals surface area contributed by atoms with Crippen molar-refractivity contribution in [1.29, 1.82) is 5.26 Å². The van der Waals surface area contributed by atoms with Crippen molar-refractivity contribution in [2.24, 2.45) is 5.73 Å². The lowest BCUT2D eigenvalue weighted by molar-refractivity contribution is -0.123. The second-order valence-electron chi connectivity index (χ2n) is 5.17. The van der Waals surface area contributed by atoms with Crippen LogP contribution in [-0.4, -0.2) is 23.9 Å². The lowest BCUT2D eigenvalue weighted by Crippen LogP contribution is -2.30. The van der Waals surface area contributed by atoms with Crippen LogP contribution in [0.5, 0.6) is 0 Å². The van der Waals surface area contributed by atoms with Crippen molar-refractivity contribution in [3.63, 3.8) is 0 Å². The molecule has 1 atom stereocenters. The van der Waals surface area contributed by atoms with Gasteiger partial charge in [-0.15, -0.1) is 0 Å². The minimum Gasteiger partial charge on any atom is -0.449 e. The number of nitrogens with one attached hydrogen (secondary N) is 1. The minimum atomic E-state index is -1.05. The summed E-state index contributed by atoms with van der Waals surface area (Å²) < 4.78 is 5.10. The molecule has 3 N–H and O–H groups in total. The number of nitriles is 1. The molecular formula is C18H15N3O4. The Hall–Kier alpha value is -3.66. The van der Waals surface area contributed by atoms with Gasteiger partial charge in [-0.3, -0.25) is 9.59 Å². The van der Waals surface area contributed by atoms with Crippen molar-refractivity contribution in [3.8, 4) is 6.07 Å². The summed E-state index contributed by atoms with van der Waals surface area (Å²) >= 11 is 0. The fourth-order valence-electron chi connectivity index (χ4n) is 1.96. The number of nitrogens with two attached hydrogens (primary N) is 1. The lowest BCUT2D eigenvalue weighted by atomic mass is 10.1. The minimum absolute atomic E-state index is 0.191. The highest BCUT2D eigenvalue weighted by Gasteiger charge is 2.19. The number of amides is 2. The fourth-order valence-corrected chi connectivity index (χ4v) is 1.96. The molecule has 0 aliphatic heterocycles. The van der Waals surface area contributed by atoms with Crippen LogP contribution in [0.15, 0.2) is 48.5 Å². The highest BCUT2D eigenvalue weighted by Crippen LogP contribution is 2.12. The molecule has 0 radical (unpaired) electrons. The van der Waals surface area contributed by atoms with Gasteiger partial charge in [0.1, 0.15) is 0 Å². The van der Waals surface area contributed by atoms with Gasteiger partial charge in [-0.2, -0.15) is 5.26 Å². The molecule has 1 unspecified atom stereocenters. The van der Waals surface area contributed by atoms with Crippen LogP contribution in [0.4, 0.5) is 5.69 Å². The zero-order chi connectivity index (χ0) is 18.4. The van der Waals surface area contributed by atoms with E-state index in [-0.39, 0.29) is 11.1 Å². The molecule has 0 bridgehead atoms. The van der Waals surface area contributed by atoms with Gasteiger partial charge in [0.2, 0.25) is 5.91 Å². The van der Waals surface area contributed by atoms with Crippen molar-refractivity contribution in [1.82, 2.24) is 0 Å². The first-order chi connectivity index (χ1) is 11.9. The van der Waals surface area contributed by atoms with Crippen LogP contribution >= 0.6 is 0 Å². The average Bonchev–Trinajstić information content (AvgIpc) is 2.61. The number of hydrogen-bond acceptors (Lipinski definition) is 5. The molecule has 0 fully saturated rings. The van der Waals surface area contributed by atoms with Gasteiger partial charge in [-0.05, 0) is 49.4 Å². The average molecular weight is 337 g/mol. The smallest absolute Gasteiger partial charge is 0.338 e. The molecule has 0 heterocycles. The molecule has 7 heteroatoms. The SMILES string of the molecule is CC(OC(=O)c1ccc(C(N)=O)cc1)C(=O)Nc1cccc(C#N)c1. The molecule has 0 aliphatic carbocycles. The van der Waals surface area contributed by atoms with E-state index in [0.29, 0.717) is 11.3 Å². The van der Waals surface area contributed by atoms with E-state index in [9.17, 15) is 14.4 Å². The quantitative estimate of drug-likeness (QED) is 0.806. The Labute approximate surface area is 144 Å². The fraction of sp³-hybridized carbons (Fsp3) is 0.111. The predicted molar refractivity (Wildman–Crippen MR) is 89.6 cm³/mol. The van der Waals surface area contributed by atoms with Crippen molar-refractivity contribution in [3.05, 3.63) is 65.2 Å². The number of hydrogen-bond donors (Lipinski definition) is 2. The molecular weight excluding hydrogens is 322 g/mol. The second kappa shape index (κ2) is 7.75. The van der Waals surface area contributed by atoms with Crippen molar-refractivity contribution < 1.29 is 19.1 Å². The third kappa shape index (κ3) is 4.65. The molecule has 0 saturated heterocycles. The van der Waals surface area contributed by atoms with Crippen molar-refractivity contribution in [2.75, 3.05) is 5.32 Å². The van der Waals surface area contributed by atoms with Gasteiger partial charge in [0.15, 0.2) is 6.10 Å². The molecule has 7 nitrogen and oxygen atoms in total. The third-order valence-electron chi connectivity index (χ3n) is 3.32. The summed E-state index contributed by atoms with van der Waals surface area (Å²) in [6.07, 6.45) is -1.05. The highest BCUT2D eigenvalue weighted by atomic mass is 16.5. The van der Waals surface area contributed by atoms with Gasteiger partial charge in [0.25, 0.3) is 5.91 Å². The number of carbonyl (C=O) groups is 3. The second-order valence-corrected chi connectivity index (χ2v) is 5.17. The van der Waals surface area contributed by atoms with Gasteiger partial charge >= 0.3 is 5.97 Å². The Balaban J connectivity index is 1.99. The van der Waals surface area contributed by atoms with Crippen molar-refractivity contribution in [2.45, 2.75) is 13.0 Å².